The molecule has 2 aliphatic carbocycles. The Bertz CT molecular complexity index is 1620. The molecule has 6 rings (SSSR count). The summed E-state index contributed by atoms with van der Waals surface area (Å²) in [5.74, 6) is -3.08. The number of allylic oxidation sites excluding steroid dienone is 1. The summed E-state index contributed by atoms with van der Waals surface area (Å²) >= 11 is 0. The van der Waals surface area contributed by atoms with Crippen LogP contribution in [0.4, 0.5) is 4.79 Å². The van der Waals surface area contributed by atoms with Crippen LogP contribution in [0.3, 0.4) is 0 Å². The molecule has 5 aliphatic rings. The van der Waals surface area contributed by atoms with Gasteiger partial charge in [0.2, 0.25) is 21.8 Å². The Morgan fingerprint density at radius 3 is 2.41 bits per heavy atom. The van der Waals surface area contributed by atoms with Gasteiger partial charge in [-0.1, -0.05) is 43.2 Å². The average Bonchev–Trinajstić information content (AvgIpc) is 3.93. The van der Waals surface area contributed by atoms with Crippen molar-refractivity contribution in [3.63, 3.8) is 0 Å². The molecule has 0 aromatic heterocycles. The highest BCUT2D eigenvalue weighted by Crippen LogP contribution is 2.47. The van der Waals surface area contributed by atoms with Gasteiger partial charge in [0.1, 0.15) is 23.2 Å². The fourth-order valence-corrected chi connectivity index (χ4v) is 8.81. The third kappa shape index (κ3) is 7.63. The summed E-state index contributed by atoms with van der Waals surface area (Å²) in [5.41, 5.74) is -1.76. The highest BCUT2D eigenvalue weighted by molar-refractivity contribution is 7.91. The number of ether oxygens (including phenoxy) is 1. The van der Waals surface area contributed by atoms with Gasteiger partial charge in [-0.15, -0.1) is 0 Å². The monoisotopic (exact) mass is 697 g/mol. The molecule has 0 spiro atoms. The molecule has 1 aromatic carbocycles. The van der Waals surface area contributed by atoms with Gasteiger partial charge in [-0.05, 0) is 71.4 Å². The maximum atomic E-state index is 14.5. The fourth-order valence-electron chi connectivity index (χ4n) is 7.45. The molecular formula is C35H47N5O8S. The molecule has 13 nitrogen and oxygen atoms in total. The Morgan fingerprint density at radius 1 is 0.980 bits per heavy atom. The lowest BCUT2D eigenvalue weighted by atomic mass is 9.93. The van der Waals surface area contributed by atoms with Gasteiger partial charge in [-0.25, -0.2) is 13.2 Å². The zero-order chi connectivity index (χ0) is 35.1. The van der Waals surface area contributed by atoms with Crippen molar-refractivity contribution >= 4 is 39.7 Å². The first kappa shape index (κ1) is 34.9. The van der Waals surface area contributed by atoms with Crippen molar-refractivity contribution < 1.29 is 37.1 Å². The number of nitrogens with one attached hydrogen (secondary N) is 3. The number of amides is 5. The third-order valence-electron chi connectivity index (χ3n) is 10.2. The van der Waals surface area contributed by atoms with Crippen LogP contribution >= 0.6 is 0 Å². The van der Waals surface area contributed by atoms with Crippen LogP contribution in [0.1, 0.15) is 82.5 Å². The lowest BCUT2D eigenvalue weighted by Gasteiger charge is -2.33. The number of carbonyl (C=O) groups excluding carboxylic acids is 5. The maximum Gasteiger partial charge on any atom is 0.408 e. The van der Waals surface area contributed by atoms with E-state index in [0.29, 0.717) is 44.2 Å². The maximum absolute atomic E-state index is 14.5. The quantitative estimate of drug-likeness (QED) is 0.394. The Hall–Kier alpha value is -3.94. The molecule has 4 fully saturated rings. The van der Waals surface area contributed by atoms with E-state index in [2.05, 4.69) is 15.4 Å². The Morgan fingerprint density at radius 2 is 1.71 bits per heavy atom. The first-order chi connectivity index (χ1) is 23.2. The van der Waals surface area contributed by atoms with Crippen LogP contribution < -0.4 is 15.4 Å². The van der Waals surface area contributed by atoms with Gasteiger partial charge < -0.3 is 25.2 Å². The van der Waals surface area contributed by atoms with Gasteiger partial charge >= 0.3 is 6.09 Å². The minimum Gasteiger partial charge on any atom is -0.444 e. The molecular weight excluding hydrogens is 650 g/mol. The Labute approximate surface area is 287 Å². The number of sulfonamides is 1. The first-order valence-corrected chi connectivity index (χ1v) is 18.9. The topological polar surface area (TPSA) is 171 Å². The number of nitrogens with zero attached hydrogens (tertiary/aromatic N) is 2. The molecule has 0 radical (unpaired) electrons. The molecule has 266 valence electrons. The van der Waals surface area contributed by atoms with Gasteiger partial charge in [0.15, 0.2) is 0 Å². The molecule has 2 saturated carbocycles. The summed E-state index contributed by atoms with van der Waals surface area (Å²) in [7, 11) is -3.88. The number of benzene rings is 1. The van der Waals surface area contributed by atoms with E-state index < -0.39 is 74.1 Å². The number of hydrogen-bond donors (Lipinski definition) is 3. The van der Waals surface area contributed by atoms with Crippen LogP contribution in [0, 0.1) is 17.8 Å². The fraction of sp³-hybridized carbons (Fsp3) is 0.629. The van der Waals surface area contributed by atoms with Gasteiger partial charge in [0, 0.05) is 43.0 Å². The SMILES string of the molecule is CC(C)(C)OC(=O)N[C@@H]1CCCCC/C=C\[C@@H]2C[C@]2(C(=O)NS(=O)(=O)C2CC2)NC(=O)[C@@H]2[C@H]3CN(C(=O)c4ccccc4)C[C@H]3CN2C1=O. The van der Waals surface area contributed by atoms with E-state index in [1.54, 1.807) is 49.9 Å². The van der Waals surface area contributed by atoms with Gasteiger partial charge in [-0.3, -0.25) is 23.9 Å². The largest absolute Gasteiger partial charge is 0.444 e. The minimum absolute atomic E-state index is 0.172. The second-order valence-electron chi connectivity index (χ2n) is 15.1. The van der Waals surface area contributed by atoms with Gasteiger partial charge in [0.05, 0.1) is 5.25 Å². The van der Waals surface area contributed by atoms with Crippen molar-refractivity contribution in [2.45, 2.75) is 101 Å². The molecule has 6 atom stereocenters. The van der Waals surface area contributed by atoms with E-state index >= 15 is 0 Å². The molecule has 0 unspecified atom stereocenters. The van der Waals surface area contributed by atoms with Crippen LogP contribution in [-0.4, -0.2) is 96.0 Å². The molecule has 5 amide bonds. The van der Waals surface area contributed by atoms with Gasteiger partial charge in [0.25, 0.3) is 11.8 Å². The summed E-state index contributed by atoms with van der Waals surface area (Å²) < 4.78 is 33.3. The Balaban J connectivity index is 1.30. The molecule has 3 aliphatic heterocycles. The van der Waals surface area contributed by atoms with Gasteiger partial charge in [-0.2, -0.15) is 0 Å². The molecule has 14 heteroatoms. The van der Waals surface area contributed by atoms with Crippen LogP contribution in [0.2, 0.25) is 0 Å². The second-order valence-corrected chi connectivity index (χ2v) is 17.1. The summed E-state index contributed by atoms with van der Waals surface area (Å²) in [6.45, 7) is 5.91. The predicted octanol–water partition coefficient (Wildman–Crippen LogP) is 2.48. The average molecular weight is 698 g/mol. The number of hydrogen-bond acceptors (Lipinski definition) is 8. The van der Waals surface area contributed by atoms with E-state index in [1.165, 1.54) is 4.90 Å². The summed E-state index contributed by atoms with van der Waals surface area (Å²) in [6.07, 6.45) is 7.52. The highest BCUT2D eigenvalue weighted by atomic mass is 32.2. The van der Waals surface area contributed by atoms with E-state index in [0.717, 1.165) is 12.8 Å². The predicted molar refractivity (Wildman–Crippen MR) is 179 cm³/mol. The number of rotatable bonds is 5. The number of alkyl carbamates (subject to hydrolysis) is 1. The highest BCUT2D eigenvalue weighted by Gasteiger charge is 2.63. The normalized spacial score (nSPS) is 31.2. The van der Waals surface area contributed by atoms with Crippen molar-refractivity contribution in [3.8, 4) is 0 Å². The van der Waals surface area contributed by atoms with E-state index in [1.807, 2.05) is 18.2 Å². The van der Waals surface area contributed by atoms with E-state index in [9.17, 15) is 32.4 Å². The summed E-state index contributed by atoms with van der Waals surface area (Å²) in [5, 5.41) is 5.04. The van der Waals surface area contributed by atoms with Crippen molar-refractivity contribution in [1.82, 2.24) is 25.2 Å². The summed E-state index contributed by atoms with van der Waals surface area (Å²) in [4.78, 5) is 72.0. The number of fused-ring (bicyclic) bond motifs is 4. The molecule has 0 bridgehead atoms. The van der Waals surface area contributed by atoms with Crippen LogP contribution in [0.15, 0.2) is 42.5 Å². The van der Waals surface area contributed by atoms with Crippen molar-refractivity contribution in [2.75, 3.05) is 19.6 Å². The standard InChI is InChI=1S/C35H47N5O8S/c1-34(2,3)48-33(45)36-27-15-11-6-4-5-10-14-24-18-35(24,32(44)38-49(46,47)25-16-17-25)37-29(41)28-26-21-39(19-23(26)20-40(28)31(27)43)30(42)22-12-8-7-9-13-22/h7-10,12-14,23-28H,4-6,11,15-21H2,1-3H3,(H,36,45)(H,37,41)(H,38,44)/b14-10-/t23-,24+,26-,27+,28-,35-/m0/s1. The third-order valence-corrected chi connectivity index (χ3v) is 12.0. The number of carbonyl (C=O) groups is 5. The van der Waals surface area contributed by atoms with Crippen molar-refractivity contribution in [1.29, 1.82) is 0 Å². The van der Waals surface area contributed by atoms with Crippen LogP contribution in [0.25, 0.3) is 0 Å². The molecule has 3 heterocycles. The summed E-state index contributed by atoms with van der Waals surface area (Å²) in [6, 6.07) is 6.83. The minimum atomic E-state index is -3.88. The smallest absolute Gasteiger partial charge is 0.408 e. The van der Waals surface area contributed by atoms with E-state index in [4.69, 9.17) is 4.74 Å². The van der Waals surface area contributed by atoms with Crippen molar-refractivity contribution in [2.24, 2.45) is 17.8 Å². The molecule has 2 saturated heterocycles. The molecule has 1 aromatic rings. The lowest BCUT2D eigenvalue weighted by molar-refractivity contribution is -0.142. The zero-order valence-electron chi connectivity index (χ0n) is 28.4. The first-order valence-electron chi connectivity index (χ1n) is 17.4. The second kappa shape index (κ2) is 13.4. The number of likely N-dealkylation sites (tertiary alicyclic amines) is 1. The molecule has 3 N–H and O–H groups in total. The zero-order valence-corrected chi connectivity index (χ0v) is 29.2. The van der Waals surface area contributed by atoms with Crippen molar-refractivity contribution in [3.05, 3.63) is 48.0 Å². The van der Waals surface area contributed by atoms with E-state index in [-0.39, 0.29) is 31.3 Å². The Kier molecular flexibility index (Phi) is 9.55. The molecule has 49 heavy (non-hydrogen) atoms. The lowest BCUT2D eigenvalue weighted by Crippen LogP contribution is -2.60. The van der Waals surface area contributed by atoms with Crippen LogP contribution in [0.5, 0.6) is 0 Å². The van der Waals surface area contributed by atoms with Crippen LogP contribution in [-0.2, 0) is 29.1 Å².